The van der Waals surface area contributed by atoms with Gasteiger partial charge in [0, 0.05) is 6.61 Å². The highest BCUT2D eigenvalue weighted by atomic mass is 16.2. The van der Waals surface area contributed by atoms with Crippen molar-refractivity contribution in [2.45, 2.75) is 77.6 Å². The molecule has 1 nitrogen and oxygen atoms in total. The van der Waals surface area contributed by atoms with E-state index in [1.165, 1.54) is 86.5 Å². The van der Waals surface area contributed by atoms with E-state index in [2.05, 4.69) is 55.5 Å². The van der Waals surface area contributed by atoms with Crippen molar-refractivity contribution in [1.29, 1.82) is 0 Å². The lowest BCUT2D eigenvalue weighted by atomic mass is 10.00. The highest BCUT2D eigenvalue weighted by Gasteiger charge is 1.99. The molecule has 0 saturated heterocycles. The van der Waals surface area contributed by atoms with Gasteiger partial charge in [0.1, 0.15) is 0 Å². The molecule has 0 atom stereocenters. The van der Waals surface area contributed by atoms with Crippen LogP contribution in [0.3, 0.4) is 0 Å². The van der Waals surface area contributed by atoms with Gasteiger partial charge in [-0.15, -0.1) is 0 Å². The molecule has 0 saturated carbocycles. The van der Waals surface area contributed by atoms with Gasteiger partial charge in [0.15, 0.2) is 0 Å². The van der Waals surface area contributed by atoms with E-state index in [0.29, 0.717) is 6.61 Å². The molecule has 0 aliphatic carbocycles. The maximum atomic E-state index is 8.75. The Labute approximate surface area is 160 Å². The van der Waals surface area contributed by atoms with Crippen LogP contribution in [0.4, 0.5) is 0 Å². The van der Waals surface area contributed by atoms with Crippen LogP contribution in [0, 0.1) is 6.92 Å². The van der Waals surface area contributed by atoms with Gasteiger partial charge >= 0.3 is 0 Å². The summed E-state index contributed by atoms with van der Waals surface area (Å²) in [5.41, 5.74) is 5.39. The number of aliphatic hydroxyl groups is 1. The van der Waals surface area contributed by atoms with Crippen LogP contribution in [0.1, 0.15) is 75.3 Å². The van der Waals surface area contributed by atoms with Gasteiger partial charge in [-0.1, -0.05) is 105 Å². The molecule has 0 bridgehead atoms. The van der Waals surface area contributed by atoms with Gasteiger partial charge in [0.2, 0.25) is 0 Å². The highest BCUT2D eigenvalue weighted by molar-refractivity contribution is 5.63. The Morgan fingerprint density at radius 2 is 0.962 bits per heavy atom. The number of unbranched alkanes of at least 4 members (excludes halogenated alkanes) is 9. The molecule has 0 aliphatic heterocycles. The Kier molecular flexibility index (Phi) is 10.1. The molecule has 2 aromatic rings. The van der Waals surface area contributed by atoms with Gasteiger partial charge in [-0.05, 0) is 42.9 Å². The average Bonchev–Trinajstić information content (AvgIpc) is 2.67. The van der Waals surface area contributed by atoms with Crippen molar-refractivity contribution >= 4 is 0 Å². The Balaban J connectivity index is 1.54. The quantitative estimate of drug-likeness (QED) is 0.381. The topological polar surface area (TPSA) is 20.2 Å². The molecule has 0 unspecified atom stereocenters. The van der Waals surface area contributed by atoms with Crippen molar-refractivity contribution < 1.29 is 5.11 Å². The fourth-order valence-electron chi connectivity index (χ4n) is 3.47. The first-order valence-corrected chi connectivity index (χ1v) is 10.6. The van der Waals surface area contributed by atoms with Crippen LogP contribution >= 0.6 is 0 Å². The normalized spacial score (nSPS) is 11.0. The van der Waals surface area contributed by atoms with Crippen molar-refractivity contribution in [2.75, 3.05) is 6.61 Å². The van der Waals surface area contributed by atoms with Crippen LogP contribution in [0.5, 0.6) is 0 Å². The van der Waals surface area contributed by atoms with E-state index in [9.17, 15) is 0 Å². The monoisotopic (exact) mass is 352 g/mol. The molecule has 0 amide bonds. The second-order valence-corrected chi connectivity index (χ2v) is 7.57. The Hall–Kier alpha value is -1.60. The molecule has 2 aromatic carbocycles. The summed E-state index contributed by atoms with van der Waals surface area (Å²) in [6.07, 6.45) is 14.2. The first-order valence-electron chi connectivity index (χ1n) is 10.6. The molecular formula is C25H36O. The first kappa shape index (κ1) is 20.7. The third-order valence-corrected chi connectivity index (χ3v) is 5.21. The predicted molar refractivity (Wildman–Crippen MR) is 114 cm³/mol. The number of benzene rings is 2. The number of hydrogen-bond acceptors (Lipinski definition) is 1. The van der Waals surface area contributed by atoms with Crippen LogP contribution in [0.15, 0.2) is 48.5 Å². The summed E-state index contributed by atoms with van der Waals surface area (Å²) >= 11 is 0. The predicted octanol–water partition coefficient (Wildman–Crippen LogP) is 7.10. The first-order chi connectivity index (χ1) is 12.8. The maximum absolute atomic E-state index is 8.75. The van der Waals surface area contributed by atoms with Gasteiger partial charge in [0.25, 0.3) is 0 Å². The second kappa shape index (κ2) is 12.7. The summed E-state index contributed by atoms with van der Waals surface area (Å²) in [5, 5.41) is 8.75. The van der Waals surface area contributed by atoms with Crippen molar-refractivity contribution in [1.82, 2.24) is 0 Å². The summed E-state index contributed by atoms with van der Waals surface area (Å²) in [5.74, 6) is 0. The van der Waals surface area contributed by atoms with Crippen LogP contribution in [-0.4, -0.2) is 11.7 Å². The standard InChI is InChI=1S/C25H36O/c1-22-13-17-24(18-14-22)25-19-15-23(16-20-25)12-10-8-6-4-2-3-5-7-9-11-21-26/h13-20,26H,2-12,21H2,1H3. The molecule has 0 heterocycles. The molecule has 0 spiro atoms. The van der Waals surface area contributed by atoms with Gasteiger partial charge in [-0.2, -0.15) is 0 Å². The molecule has 1 N–H and O–H groups in total. The van der Waals surface area contributed by atoms with E-state index in [1.807, 2.05) is 0 Å². The Morgan fingerprint density at radius 1 is 0.538 bits per heavy atom. The van der Waals surface area contributed by atoms with Crippen molar-refractivity contribution in [2.24, 2.45) is 0 Å². The zero-order valence-electron chi connectivity index (χ0n) is 16.6. The minimum absolute atomic E-state index is 0.356. The molecule has 142 valence electrons. The van der Waals surface area contributed by atoms with Gasteiger partial charge in [-0.25, -0.2) is 0 Å². The smallest absolute Gasteiger partial charge is 0.0431 e. The third kappa shape index (κ3) is 8.19. The van der Waals surface area contributed by atoms with Crippen molar-refractivity contribution in [3.63, 3.8) is 0 Å². The molecule has 2 rings (SSSR count). The van der Waals surface area contributed by atoms with Crippen molar-refractivity contribution in [3.8, 4) is 11.1 Å². The zero-order chi connectivity index (χ0) is 18.5. The molecule has 0 fully saturated rings. The molecule has 26 heavy (non-hydrogen) atoms. The molecule has 0 aromatic heterocycles. The minimum Gasteiger partial charge on any atom is -0.396 e. The van der Waals surface area contributed by atoms with E-state index in [0.717, 1.165) is 6.42 Å². The van der Waals surface area contributed by atoms with Gasteiger partial charge < -0.3 is 5.11 Å². The Morgan fingerprint density at radius 3 is 1.46 bits per heavy atom. The number of rotatable bonds is 13. The lowest BCUT2D eigenvalue weighted by molar-refractivity contribution is 0.282. The largest absolute Gasteiger partial charge is 0.396 e. The van der Waals surface area contributed by atoms with E-state index in [4.69, 9.17) is 5.11 Å². The zero-order valence-corrected chi connectivity index (χ0v) is 16.6. The molecular weight excluding hydrogens is 316 g/mol. The minimum atomic E-state index is 0.356. The van der Waals surface area contributed by atoms with Crippen molar-refractivity contribution in [3.05, 3.63) is 59.7 Å². The highest BCUT2D eigenvalue weighted by Crippen LogP contribution is 2.21. The summed E-state index contributed by atoms with van der Waals surface area (Å²) < 4.78 is 0. The lowest BCUT2D eigenvalue weighted by Crippen LogP contribution is -1.88. The van der Waals surface area contributed by atoms with Crippen LogP contribution in [0.25, 0.3) is 11.1 Å². The van der Waals surface area contributed by atoms with Gasteiger partial charge in [-0.3, -0.25) is 0 Å². The number of aryl methyl sites for hydroxylation is 2. The Bertz CT molecular complexity index is 583. The lowest BCUT2D eigenvalue weighted by Gasteiger charge is -2.06. The van der Waals surface area contributed by atoms with E-state index in [-0.39, 0.29) is 0 Å². The van der Waals surface area contributed by atoms with E-state index in [1.54, 1.807) is 0 Å². The van der Waals surface area contributed by atoms with Crippen LogP contribution in [-0.2, 0) is 6.42 Å². The third-order valence-electron chi connectivity index (χ3n) is 5.21. The molecule has 0 radical (unpaired) electrons. The average molecular weight is 353 g/mol. The molecule has 1 heteroatoms. The fraction of sp³-hybridized carbons (Fsp3) is 0.520. The fourth-order valence-corrected chi connectivity index (χ4v) is 3.47. The summed E-state index contributed by atoms with van der Waals surface area (Å²) in [6.45, 7) is 2.49. The van der Waals surface area contributed by atoms with Gasteiger partial charge in [0.05, 0.1) is 0 Å². The number of hydrogen-bond donors (Lipinski definition) is 1. The maximum Gasteiger partial charge on any atom is 0.0431 e. The van der Waals surface area contributed by atoms with Crippen LogP contribution < -0.4 is 0 Å². The SMILES string of the molecule is Cc1ccc(-c2ccc(CCCCCCCCCCCCO)cc2)cc1. The summed E-state index contributed by atoms with van der Waals surface area (Å²) in [6, 6.07) is 17.9. The van der Waals surface area contributed by atoms with E-state index < -0.39 is 0 Å². The number of aliphatic hydroxyl groups excluding tert-OH is 1. The summed E-state index contributed by atoms with van der Waals surface area (Å²) in [7, 11) is 0. The van der Waals surface area contributed by atoms with Crippen LogP contribution in [0.2, 0.25) is 0 Å². The summed E-state index contributed by atoms with van der Waals surface area (Å²) in [4.78, 5) is 0. The second-order valence-electron chi connectivity index (χ2n) is 7.57. The van der Waals surface area contributed by atoms with E-state index >= 15 is 0 Å². The molecule has 0 aliphatic rings.